The highest BCUT2D eigenvalue weighted by atomic mass is 19.3. The van der Waals surface area contributed by atoms with E-state index in [0.29, 0.717) is 17.8 Å². The number of nitrogens with zero attached hydrogens (tertiary/aromatic N) is 2. The third-order valence-electron chi connectivity index (χ3n) is 4.20. The molecule has 0 aliphatic carbocycles. The maximum absolute atomic E-state index is 12.5. The number of likely N-dealkylation sites (N-methyl/N-ethyl adjacent to an activating group) is 1. The number of nitriles is 1. The molecule has 8 heteroatoms. The van der Waals surface area contributed by atoms with Crippen LogP contribution in [0.25, 0.3) is 0 Å². The number of anilines is 1. The second-order valence-electron chi connectivity index (χ2n) is 6.13. The molecule has 0 aliphatic rings. The number of hydrogen-bond donors (Lipinski definition) is 1. The van der Waals surface area contributed by atoms with Crippen molar-refractivity contribution in [1.29, 1.82) is 5.26 Å². The van der Waals surface area contributed by atoms with E-state index in [1.54, 1.807) is 55.3 Å². The third kappa shape index (κ3) is 5.66. The van der Waals surface area contributed by atoms with Crippen LogP contribution < -0.4 is 14.8 Å². The summed E-state index contributed by atoms with van der Waals surface area (Å²) < 4.78 is 34.3. The zero-order valence-electron chi connectivity index (χ0n) is 15.8. The highest BCUT2D eigenvalue weighted by Gasteiger charge is 2.19. The van der Waals surface area contributed by atoms with Crippen LogP contribution in [0, 0.1) is 11.3 Å². The van der Waals surface area contributed by atoms with E-state index in [-0.39, 0.29) is 17.4 Å². The van der Waals surface area contributed by atoms with Gasteiger partial charge < -0.3 is 14.8 Å². The van der Waals surface area contributed by atoms with Gasteiger partial charge in [0.2, 0.25) is 5.91 Å². The third-order valence-corrected chi connectivity index (χ3v) is 4.20. The summed E-state index contributed by atoms with van der Waals surface area (Å²) in [5, 5.41) is 11.6. The molecule has 1 amide bonds. The van der Waals surface area contributed by atoms with Gasteiger partial charge in [-0.05, 0) is 55.9 Å². The zero-order chi connectivity index (χ0) is 20.7. The summed E-state index contributed by atoms with van der Waals surface area (Å²) in [6, 6.07) is 12.8. The van der Waals surface area contributed by atoms with Gasteiger partial charge in [0.05, 0.1) is 24.8 Å². The van der Waals surface area contributed by atoms with Crippen molar-refractivity contribution in [2.24, 2.45) is 0 Å². The first-order chi connectivity index (χ1) is 13.3. The van der Waals surface area contributed by atoms with Crippen molar-refractivity contribution in [3.05, 3.63) is 53.6 Å². The molecule has 2 aromatic rings. The fourth-order valence-corrected chi connectivity index (χ4v) is 2.50. The van der Waals surface area contributed by atoms with Crippen LogP contribution in [-0.4, -0.2) is 37.6 Å². The summed E-state index contributed by atoms with van der Waals surface area (Å²) in [4.78, 5) is 14.3. The Hall–Kier alpha value is -3.18. The molecule has 0 saturated heterocycles. The molecule has 28 heavy (non-hydrogen) atoms. The Labute approximate surface area is 162 Å². The topological polar surface area (TPSA) is 74.6 Å². The van der Waals surface area contributed by atoms with Crippen LogP contribution in [0.2, 0.25) is 0 Å². The summed E-state index contributed by atoms with van der Waals surface area (Å²) in [7, 11) is 3.15. The van der Waals surface area contributed by atoms with E-state index in [1.807, 2.05) is 6.07 Å². The largest absolute Gasteiger partial charge is 0.493 e. The standard InChI is InChI=1S/C20H21F2N3O3/c1-13(19(26)24-16-7-4-14(11-23)5-8-16)25(2)12-15-6-9-17(28-20(21)22)18(10-15)27-3/h4-10,13,20H,12H2,1-3H3,(H,24,26)/t13-/m0/s1. The predicted molar refractivity (Wildman–Crippen MR) is 100 cm³/mol. The van der Waals surface area contributed by atoms with Crippen LogP contribution in [0.15, 0.2) is 42.5 Å². The number of hydrogen-bond acceptors (Lipinski definition) is 5. The van der Waals surface area contributed by atoms with E-state index in [1.165, 1.54) is 13.2 Å². The number of carbonyl (C=O) groups is 1. The molecule has 2 rings (SSSR count). The number of rotatable bonds is 8. The van der Waals surface area contributed by atoms with Gasteiger partial charge >= 0.3 is 6.61 Å². The molecule has 0 heterocycles. The normalized spacial score (nSPS) is 11.8. The van der Waals surface area contributed by atoms with E-state index in [0.717, 1.165) is 5.56 Å². The lowest BCUT2D eigenvalue weighted by Crippen LogP contribution is -2.39. The molecule has 2 aromatic carbocycles. The van der Waals surface area contributed by atoms with Crippen LogP contribution in [0.5, 0.6) is 11.5 Å². The minimum atomic E-state index is -2.94. The maximum atomic E-state index is 12.5. The summed E-state index contributed by atoms with van der Waals surface area (Å²) in [5.41, 5.74) is 1.88. The molecule has 0 unspecified atom stereocenters. The van der Waals surface area contributed by atoms with E-state index in [2.05, 4.69) is 10.1 Å². The molecule has 148 valence electrons. The van der Waals surface area contributed by atoms with Crippen molar-refractivity contribution in [3.8, 4) is 17.6 Å². The molecule has 0 saturated carbocycles. The highest BCUT2D eigenvalue weighted by Crippen LogP contribution is 2.30. The minimum absolute atomic E-state index is 0.0458. The number of nitrogens with one attached hydrogen (secondary N) is 1. The Morgan fingerprint density at radius 1 is 1.21 bits per heavy atom. The van der Waals surface area contributed by atoms with Gasteiger partial charge in [-0.1, -0.05) is 6.07 Å². The van der Waals surface area contributed by atoms with Crippen LogP contribution >= 0.6 is 0 Å². The number of ether oxygens (including phenoxy) is 2. The molecule has 0 aliphatic heterocycles. The average molecular weight is 389 g/mol. The zero-order valence-corrected chi connectivity index (χ0v) is 15.8. The molecular weight excluding hydrogens is 368 g/mol. The molecule has 1 atom stereocenters. The molecule has 1 N–H and O–H groups in total. The summed E-state index contributed by atoms with van der Waals surface area (Å²) in [6.45, 7) is -0.786. The lowest BCUT2D eigenvalue weighted by molar-refractivity contribution is -0.120. The number of alkyl halides is 2. The van der Waals surface area contributed by atoms with Crippen LogP contribution in [0.3, 0.4) is 0 Å². The Kier molecular flexibility index (Phi) is 7.29. The van der Waals surface area contributed by atoms with E-state index in [9.17, 15) is 13.6 Å². The molecule has 0 bridgehead atoms. The van der Waals surface area contributed by atoms with Gasteiger partial charge in [-0.25, -0.2) is 0 Å². The lowest BCUT2D eigenvalue weighted by Gasteiger charge is -2.24. The Morgan fingerprint density at radius 2 is 1.89 bits per heavy atom. The average Bonchev–Trinajstić information content (AvgIpc) is 2.68. The van der Waals surface area contributed by atoms with Gasteiger partial charge in [0, 0.05) is 12.2 Å². The minimum Gasteiger partial charge on any atom is -0.493 e. The SMILES string of the molecule is COc1cc(CN(C)[C@@H](C)C(=O)Nc2ccc(C#N)cc2)ccc1OC(F)F. The number of halogens is 2. The Bertz CT molecular complexity index is 851. The second-order valence-corrected chi connectivity index (χ2v) is 6.13. The number of methoxy groups -OCH3 is 1. The van der Waals surface area contributed by atoms with Crippen molar-refractivity contribution in [2.75, 3.05) is 19.5 Å². The van der Waals surface area contributed by atoms with Gasteiger partial charge in [-0.3, -0.25) is 9.69 Å². The molecule has 0 spiro atoms. The van der Waals surface area contributed by atoms with Gasteiger partial charge in [-0.2, -0.15) is 14.0 Å². The van der Waals surface area contributed by atoms with Crippen LogP contribution in [0.1, 0.15) is 18.1 Å². The fourth-order valence-electron chi connectivity index (χ4n) is 2.50. The highest BCUT2D eigenvalue weighted by molar-refractivity contribution is 5.94. The quantitative estimate of drug-likeness (QED) is 0.746. The first-order valence-electron chi connectivity index (χ1n) is 8.47. The second kappa shape index (κ2) is 9.67. The van der Waals surface area contributed by atoms with Gasteiger partial charge in [-0.15, -0.1) is 0 Å². The number of benzene rings is 2. The van der Waals surface area contributed by atoms with Gasteiger partial charge in [0.15, 0.2) is 11.5 Å². The predicted octanol–water partition coefficient (Wildman–Crippen LogP) is 3.63. The van der Waals surface area contributed by atoms with Crippen molar-refractivity contribution >= 4 is 11.6 Å². The van der Waals surface area contributed by atoms with Crippen molar-refractivity contribution in [2.45, 2.75) is 26.1 Å². The Balaban J connectivity index is 2.01. The van der Waals surface area contributed by atoms with Gasteiger partial charge in [0.25, 0.3) is 0 Å². The fraction of sp³-hybridized carbons (Fsp3) is 0.300. The molecular formula is C20H21F2N3O3. The smallest absolute Gasteiger partial charge is 0.387 e. The summed E-state index contributed by atoms with van der Waals surface area (Å²) >= 11 is 0. The van der Waals surface area contributed by atoms with E-state index >= 15 is 0 Å². The summed E-state index contributed by atoms with van der Waals surface area (Å²) in [6.07, 6.45) is 0. The van der Waals surface area contributed by atoms with Crippen molar-refractivity contribution in [3.63, 3.8) is 0 Å². The first-order valence-corrected chi connectivity index (χ1v) is 8.47. The maximum Gasteiger partial charge on any atom is 0.387 e. The molecule has 0 aromatic heterocycles. The molecule has 0 radical (unpaired) electrons. The van der Waals surface area contributed by atoms with E-state index < -0.39 is 12.7 Å². The monoisotopic (exact) mass is 389 g/mol. The van der Waals surface area contributed by atoms with E-state index in [4.69, 9.17) is 10.00 Å². The summed E-state index contributed by atoms with van der Waals surface area (Å²) in [5.74, 6) is -0.0618. The van der Waals surface area contributed by atoms with Crippen LogP contribution in [0.4, 0.5) is 14.5 Å². The molecule has 6 nitrogen and oxygen atoms in total. The Morgan fingerprint density at radius 3 is 2.46 bits per heavy atom. The van der Waals surface area contributed by atoms with Crippen LogP contribution in [-0.2, 0) is 11.3 Å². The molecule has 0 fully saturated rings. The van der Waals surface area contributed by atoms with Crippen molar-refractivity contribution in [1.82, 2.24) is 4.90 Å². The first kappa shape index (κ1) is 21.1. The number of carbonyl (C=O) groups excluding carboxylic acids is 1. The van der Waals surface area contributed by atoms with Crippen molar-refractivity contribution < 1.29 is 23.0 Å². The number of amides is 1. The lowest BCUT2D eigenvalue weighted by atomic mass is 10.1. The van der Waals surface area contributed by atoms with Gasteiger partial charge in [0.1, 0.15) is 0 Å².